The van der Waals surface area contributed by atoms with Gasteiger partial charge in [-0.05, 0) is 37.0 Å². The van der Waals surface area contributed by atoms with Crippen LogP contribution in [0.15, 0.2) is 5.16 Å². The lowest BCUT2D eigenvalue weighted by atomic mass is 9.76. The zero-order chi connectivity index (χ0) is 11.8. The van der Waals surface area contributed by atoms with Crippen molar-refractivity contribution in [3.63, 3.8) is 0 Å². The molecule has 0 aliphatic heterocycles. The molecule has 0 aromatic rings. The predicted octanol–water partition coefficient (Wildman–Crippen LogP) is 2.21. The van der Waals surface area contributed by atoms with Crippen molar-refractivity contribution >= 4 is 11.7 Å². The van der Waals surface area contributed by atoms with Gasteiger partial charge in [0.05, 0.1) is 12.8 Å². The van der Waals surface area contributed by atoms with E-state index in [-0.39, 0.29) is 11.4 Å². The van der Waals surface area contributed by atoms with E-state index in [4.69, 9.17) is 5.21 Å². The fraction of sp³-hybridized carbons (Fsp3) is 0.833. The number of esters is 1. The minimum Gasteiger partial charge on any atom is -0.469 e. The third-order valence-corrected chi connectivity index (χ3v) is 4.61. The van der Waals surface area contributed by atoms with Gasteiger partial charge >= 0.3 is 5.97 Å². The molecule has 2 rings (SSSR count). The third-order valence-electron chi connectivity index (χ3n) is 4.61. The number of hydrogen-bond acceptors (Lipinski definition) is 4. The number of methoxy groups -OCH3 is 1. The van der Waals surface area contributed by atoms with Gasteiger partial charge in [0.15, 0.2) is 0 Å². The topological polar surface area (TPSA) is 58.9 Å². The van der Waals surface area contributed by atoms with E-state index < -0.39 is 0 Å². The van der Waals surface area contributed by atoms with Gasteiger partial charge in [-0.25, -0.2) is 0 Å². The first kappa shape index (κ1) is 11.4. The Bertz CT molecular complexity index is 326. The number of carbonyl (C=O) groups excluding carboxylic acids is 1. The first-order valence-electron chi connectivity index (χ1n) is 5.89. The molecule has 4 heteroatoms. The van der Waals surface area contributed by atoms with Crippen LogP contribution in [-0.2, 0) is 9.53 Å². The van der Waals surface area contributed by atoms with Crippen molar-refractivity contribution in [2.24, 2.45) is 22.4 Å². The van der Waals surface area contributed by atoms with Gasteiger partial charge in [-0.1, -0.05) is 12.1 Å². The predicted molar refractivity (Wildman–Crippen MR) is 59.4 cm³/mol. The molecule has 2 fully saturated rings. The average Bonchev–Trinajstić information content (AvgIpc) is 2.77. The SMILES string of the molecule is COC(=O)CCC1(C)C2CCC1/C(=N/O)C2. The van der Waals surface area contributed by atoms with E-state index >= 15 is 0 Å². The quantitative estimate of drug-likeness (QED) is 0.455. The second-order valence-electron chi connectivity index (χ2n) is 5.20. The standard InChI is InChI=1S/C12H19NO3/c1-12(6-5-11(14)16-2)8-3-4-9(12)10(7-8)13-15/h8-9,15H,3-7H2,1-2H3/b13-10+. The fourth-order valence-corrected chi connectivity index (χ4v) is 3.55. The smallest absolute Gasteiger partial charge is 0.305 e. The molecule has 3 atom stereocenters. The lowest BCUT2D eigenvalue weighted by molar-refractivity contribution is -0.141. The maximum Gasteiger partial charge on any atom is 0.305 e. The summed E-state index contributed by atoms with van der Waals surface area (Å²) in [4.78, 5) is 11.2. The fourth-order valence-electron chi connectivity index (χ4n) is 3.55. The highest BCUT2D eigenvalue weighted by atomic mass is 16.5. The second kappa shape index (κ2) is 4.07. The van der Waals surface area contributed by atoms with E-state index in [0.29, 0.717) is 18.3 Å². The molecule has 16 heavy (non-hydrogen) atoms. The van der Waals surface area contributed by atoms with Crippen molar-refractivity contribution in [1.29, 1.82) is 0 Å². The van der Waals surface area contributed by atoms with Crippen molar-refractivity contribution in [3.8, 4) is 0 Å². The highest BCUT2D eigenvalue weighted by Crippen LogP contribution is 2.58. The molecule has 3 unspecified atom stereocenters. The average molecular weight is 225 g/mol. The molecule has 2 aliphatic rings. The van der Waals surface area contributed by atoms with Crippen molar-refractivity contribution < 1.29 is 14.7 Å². The van der Waals surface area contributed by atoms with E-state index in [2.05, 4.69) is 16.8 Å². The van der Waals surface area contributed by atoms with Crippen LogP contribution >= 0.6 is 0 Å². The molecule has 0 heterocycles. The summed E-state index contributed by atoms with van der Waals surface area (Å²) in [6.45, 7) is 2.22. The molecule has 0 amide bonds. The van der Waals surface area contributed by atoms with Crippen LogP contribution < -0.4 is 0 Å². The molecule has 2 aliphatic carbocycles. The van der Waals surface area contributed by atoms with Gasteiger partial charge in [0.2, 0.25) is 0 Å². The monoisotopic (exact) mass is 225 g/mol. The van der Waals surface area contributed by atoms with E-state index in [1.54, 1.807) is 0 Å². The van der Waals surface area contributed by atoms with E-state index in [9.17, 15) is 4.79 Å². The number of hydrogen-bond donors (Lipinski definition) is 1. The van der Waals surface area contributed by atoms with Gasteiger partial charge in [0.25, 0.3) is 0 Å². The molecule has 90 valence electrons. The Morgan fingerprint density at radius 3 is 2.94 bits per heavy atom. The summed E-state index contributed by atoms with van der Waals surface area (Å²) >= 11 is 0. The molecule has 0 radical (unpaired) electrons. The van der Waals surface area contributed by atoms with Crippen LogP contribution in [0.25, 0.3) is 0 Å². The Morgan fingerprint density at radius 2 is 2.38 bits per heavy atom. The van der Waals surface area contributed by atoms with Gasteiger partial charge in [-0.3, -0.25) is 4.79 Å². The normalized spacial score (nSPS) is 39.2. The first-order chi connectivity index (χ1) is 7.61. The molecular weight excluding hydrogens is 206 g/mol. The molecule has 0 aromatic heterocycles. The van der Waals surface area contributed by atoms with E-state index in [1.165, 1.54) is 13.5 Å². The summed E-state index contributed by atoms with van der Waals surface area (Å²) in [7, 11) is 1.43. The summed E-state index contributed by atoms with van der Waals surface area (Å²) in [5.74, 6) is 0.801. The Morgan fingerprint density at radius 1 is 1.62 bits per heavy atom. The molecule has 2 saturated carbocycles. The maximum atomic E-state index is 11.2. The highest BCUT2D eigenvalue weighted by Gasteiger charge is 2.54. The molecule has 0 spiro atoms. The van der Waals surface area contributed by atoms with Crippen LogP contribution in [0.3, 0.4) is 0 Å². The minimum absolute atomic E-state index is 0.135. The van der Waals surface area contributed by atoms with Gasteiger partial charge in [-0.2, -0.15) is 0 Å². The van der Waals surface area contributed by atoms with Crippen LogP contribution in [0, 0.1) is 17.3 Å². The first-order valence-corrected chi connectivity index (χ1v) is 5.89. The summed E-state index contributed by atoms with van der Waals surface area (Å²) in [6, 6.07) is 0. The number of fused-ring (bicyclic) bond motifs is 2. The number of rotatable bonds is 3. The van der Waals surface area contributed by atoms with Gasteiger partial charge in [-0.15, -0.1) is 0 Å². The molecule has 0 saturated heterocycles. The van der Waals surface area contributed by atoms with Crippen molar-refractivity contribution in [2.75, 3.05) is 7.11 Å². The van der Waals surface area contributed by atoms with Crippen molar-refractivity contribution in [3.05, 3.63) is 0 Å². The van der Waals surface area contributed by atoms with Gasteiger partial charge < -0.3 is 9.94 Å². The second-order valence-corrected chi connectivity index (χ2v) is 5.20. The van der Waals surface area contributed by atoms with Crippen LogP contribution in [-0.4, -0.2) is 24.0 Å². The van der Waals surface area contributed by atoms with Crippen LogP contribution in [0.5, 0.6) is 0 Å². The molecule has 2 bridgehead atoms. The van der Waals surface area contributed by atoms with Crippen LogP contribution in [0.2, 0.25) is 0 Å². The largest absolute Gasteiger partial charge is 0.469 e. The Balaban J connectivity index is 2.05. The van der Waals surface area contributed by atoms with E-state index in [0.717, 1.165) is 25.0 Å². The van der Waals surface area contributed by atoms with Crippen LogP contribution in [0.4, 0.5) is 0 Å². The number of ether oxygens (including phenoxy) is 1. The Kier molecular flexibility index (Phi) is 2.91. The molecule has 0 aromatic carbocycles. The van der Waals surface area contributed by atoms with Crippen molar-refractivity contribution in [1.82, 2.24) is 0 Å². The molecule has 4 nitrogen and oxygen atoms in total. The number of oxime groups is 1. The lowest BCUT2D eigenvalue weighted by Crippen LogP contribution is -2.25. The maximum absolute atomic E-state index is 11.2. The Hall–Kier alpha value is -1.06. The third kappa shape index (κ3) is 1.60. The lowest BCUT2D eigenvalue weighted by Gasteiger charge is -2.28. The Labute approximate surface area is 95.7 Å². The van der Waals surface area contributed by atoms with Gasteiger partial charge in [0.1, 0.15) is 0 Å². The summed E-state index contributed by atoms with van der Waals surface area (Å²) in [5.41, 5.74) is 1.07. The summed E-state index contributed by atoms with van der Waals surface area (Å²) < 4.78 is 4.68. The zero-order valence-corrected chi connectivity index (χ0v) is 9.90. The summed E-state index contributed by atoms with van der Waals surface area (Å²) in [5, 5.41) is 12.4. The van der Waals surface area contributed by atoms with Crippen molar-refractivity contribution in [2.45, 2.75) is 39.0 Å². The number of nitrogens with zero attached hydrogens (tertiary/aromatic N) is 1. The van der Waals surface area contributed by atoms with Crippen LogP contribution in [0.1, 0.15) is 39.0 Å². The summed E-state index contributed by atoms with van der Waals surface area (Å²) in [6.07, 6.45) is 4.51. The number of carbonyl (C=O) groups is 1. The molecular formula is C12H19NO3. The zero-order valence-electron chi connectivity index (χ0n) is 9.90. The molecule has 1 N–H and O–H groups in total. The highest BCUT2D eigenvalue weighted by molar-refractivity contribution is 5.90. The van der Waals surface area contributed by atoms with Gasteiger partial charge in [0, 0.05) is 12.3 Å². The van der Waals surface area contributed by atoms with E-state index in [1.807, 2.05) is 0 Å². The minimum atomic E-state index is -0.144.